The van der Waals surface area contributed by atoms with Gasteiger partial charge in [0.25, 0.3) is 0 Å². The number of anilines is 1. The first-order valence-corrected chi connectivity index (χ1v) is 8.83. The Balaban J connectivity index is 1.93. The van der Waals surface area contributed by atoms with Gasteiger partial charge in [0.05, 0.1) is 12.6 Å². The molecule has 1 aliphatic heterocycles. The number of rotatable bonds is 2. The first-order valence-electron chi connectivity index (χ1n) is 7.95. The molecule has 3 heterocycles. The van der Waals surface area contributed by atoms with E-state index < -0.39 is 6.04 Å². The third kappa shape index (κ3) is 2.39. The average molecular weight is 341 g/mol. The smallest absolute Gasteiger partial charge is 0.248 e. The van der Waals surface area contributed by atoms with E-state index in [4.69, 9.17) is 0 Å². The van der Waals surface area contributed by atoms with E-state index in [1.165, 1.54) is 0 Å². The number of benzene rings is 1. The van der Waals surface area contributed by atoms with Crippen LogP contribution in [0.5, 0.6) is 0 Å². The number of thiophene rings is 1. The van der Waals surface area contributed by atoms with E-state index in [-0.39, 0.29) is 18.6 Å². The quantitative estimate of drug-likeness (QED) is 0.671. The molecule has 5 nitrogen and oxygen atoms in total. The van der Waals surface area contributed by atoms with Gasteiger partial charge in [0.1, 0.15) is 6.04 Å². The number of hydrogen-bond acceptors (Lipinski definition) is 4. The molecule has 1 aromatic carbocycles. The van der Waals surface area contributed by atoms with Crippen molar-refractivity contribution in [1.29, 1.82) is 0 Å². The van der Waals surface area contributed by atoms with E-state index >= 15 is 0 Å². The highest BCUT2D eigenvalue weighted by atomic mass is 32.1. The fraction of sp³-hybridized carbons (Fsp3) is 0.278. The van der Waals surface area contributed by atoms with Gasteiger partial charge < -0.3 is 20.3 Å². The molecule has 0 bridgehead atoms. The standard InChI is InChI=1S/C18H19N3O2S/c1-21-14-5-2-4-13-16(14)11(9-19-13)8-12(10-22)20-18(23)17(21)15-6-3-7-24-15/h2-7,9,12,17,19,22H,8,10H2,1H3,(H,20,23)/t12-,17-/m0/s1. The van der Waals surface area contributed by atoms with Crippen molar-refractivity contribution in [3.05, 3.63) is 52.3 Å². The van der Waals surface area contributed by atoms with E-state index in [0.717, 1.165) is 27.0 Å². The first-order chi connectivity index (χ1) is 11.7. The number of nitrogens with zero attached hydrogens (tertiary/aromatic N) is 1. The van der Waals surface area contributed by atoms with Crippen LogP contribution < -0.4 is 10.2 Å². The Hall–Kier alpha value is -2.31. The van der Waals surface area contributed by atoms with Gasteiger partial charge in [-0.1, -0.05) is 12.1 Å². The Morgan fingerprint density at radius 1 is 1.33 bits per heavy atom. The predicted molar refractivity (Wildman–Crippen MR) is 96.5 cm³/mol. The van der Waals surface area contributed by atoms with Crippen LogP contribution in [0.2, 0.25) is 0 Å². The van der Waals surface area contributed by atoms with Crippen molar-refractivity contribution >= 4 is 33.8 Å². The van der Waals surface area contributed by atoms with Gasteiger partial charge in [0.15, 0.2) is 0 Å². The molecule has 1 amide bonds. The van der Waals surface area contributed by atoms with E-state index in [0.29, 0.717) is 6.42 Å². The number of likely N-dealkylation sites (N-methyl/N-ethyl adjacent to an activating group) is 1. The van der Waals surface area contributed by atoms with Crippen molar-refractivity contribution in [2.75, 3.05) is 18.6 Å². The molecule has 0 fully saturated rings. The Morgan fingerprint density at radius 3 is 2.96 bits per heavy atom. The molecule has 0 spiro atoms. The topological polar surface area (TPSA) is 68.4 Å². The summed E-state index contributed by atoms with van der Waals surface area (Å²) in [4.78, 5) is 19.2. The summed E-state index contributed by atoms with van der Waals surface area (Å²) in [5.41, 5.74) is 3.18. The number of aliphatic hydroxyl groups is 1. The van der Waals surface area contributed by atoms with Crippen LogP contribution in [0, 0.1) is 0 Å². The zero-order valence-corrected chi connectivity index (χ0v) is 14.1. The maximum Gasteiger partial charge on any atom is 0.248 e. The van der Waals surface area contributed by atoms with Gasteiger partial charge in [0, 0.05) is 34.7 Å². The molecule has 0 radical (unpaired) electrons. The van der Waals surface area contributed by atoms with E-state index in [2.05, 4.69) is 10.3 Å². The highest BCUT2D eigenvalue weighted by Gasteiger charge is 2.31. The van der Waals surface area contributed by atoms with Crippen LogP contribution in [0.4, 0.5) is 5.69 Å². The third-order valence-electron chi connectivity index (χ3n) is 4.63. The van der Waals surface area contributed by atoms with Gasteiger partial charge in [-0.25, -0.2) is 0 Å². The van der Waals surface area contributed by atoms with Crippen LogP contribution >= 0.6 is 11.3 Å². The molecule has 6 heteroatoms. The molecular formula is C18H19N3O2S. The molecule has 124 valence electrons. The summed E-state index contributed by atoms with van der Waals surface area (Å²) < 4.78 is 0. The van der Waals surface area contributed by atoms with Gasteiger partial charge >= 0.3 is 0 Å². The fourth-order valence-electron chi connectivity index (χ4n) is 3.48. The Morgan fingerprint density at radius 2 is 2.21 bits per heavy atom. The largest absolute Gasteiger partial charge is 0.394 e. The number of H-pyrrole nitrogens is 1. The average Bonchev–Trinajstić information content (AvgIpc) is 3.24. The van der Waals surface area contributed by atoms with Crippen molar-refractivity contribution in [1.82, 2.24) is 10.3 Å². The summed E-state index contributed by atoms with van der Waals surface area (Å²) in [5, 5.41) is 15.8. The van der Waals surface area contributed by atoms with E-state index in [1.807, 2.05) is 53.9 Å². The predicted octanol–water partition coefficient (Wildman–Crippen LogP) is 2.44. The number of aromatic amines is 1. The number of amides is 1. The lowest BCUT2D eigenvalue weighted by atomic mass is 10.0. The minimum atomic E-state index is -0.412. The van der Waals surface area contributed by atoms with Crippen molar-refractivity contribution in [2.45, 2.75) is 18.5 Å². The van der Waals surface area contributed by atoms with Crippen molar-refractivity contribution in [3.8, 4) is 0 Å². The molecule has 2 aromatic heterocycles. The molecule has 2 atom stereocenters. The Labute approximate surface area is 143 Å². The summed E-state index contributed by atoms with van der Waals surface area (Å²) in [7, 11) is 1.95. The fourth-order valence-corrected chi connectivity index (χ4v) is 4.34. The van der Waals surface area contributed by atoms with Gasteiger partial charge in [-0.15, -0.1) is 11.3 Å². The molecule has 3 N–H and O–H groups in total. The van der Waals surface area contributed by atoms with Crippen molar-refractivity contribution in [2.24, 2.45) is 0 Å². The molecule has 0 saturated heterocycles. The molecule has 1 aliphatic rings. The lowest BCUT2D eigenvalue weighted by molar-refractivity contribution is -0.123. The summed E-state index contributed by atoms with van der Waals surface area (Å²) >= 11 is 1.57. The van der Waals surface area contributed by atoms with Gasteiger partial charge in [-0.2, -0.15) is 0 Å². The summed E-state index contributed by atoms with van der Waals surface area (Å²) in [6.45, 7) is -0.0819. The molecule has 24 heavy (non-hydrogen) atoms. The molecule has 0 unspecified atom stereocenters. The number of aliphatic hydroxyl groups excluding tert-OH is 1. The maximum atomic E-state index is 12.9. The van der Waals surface area contributed by atoms with Crippen molar-refractivity contribution in [3.63, 3.8) is 0 Å². The van der Waals surface area contributed by atoms with Crippen LogP contribution in [0.15, 0.2) is 41.9 Å². The number of nitrogens with one attached hydrogen (secondary N) is 2. The summed E-state index contributed by atoms with van der Waals surface area (Å²) in [6, 6.07) is 9.32. The first kappa shape index (κ1) is 15.2. The third-order valence-corrected chi connectivity index (χ3v) is 5.55. The normalized spacial score (nSPS) is 21.2. The molecule has 0 aliphatic carbocycles. The molecule has 3 aromatic rings. The van der Waals surface area contributed by atoms with E-state index in [9.17, 15) is 9.90 Å². The SMILES string of the molecule is CN1c2cccc3[nH]cc(c23)C[C@@H](CO)NC(=O)[C@@H]1c1cccs1. The summed E-state index contributed by atoms with van der Waals surface area (Å²) in [5.74, 6) is -0.0786. The second kappa shape index (κ2) is 5.96. The van der Waals surface area contributed by atoms with Crippen LogP contribution in [0.3, 0.4) is 0 Å². The number of carbonyl (C=O) groups is 1. The highest BCUT2D eigenvalue weighted by Crippen LogP contribution is 2.36. The second-order valence-corrected chi connectivity index (χ2v) is 7.11. The Kier molecular flexibility index (Phi) is 3.78. The number of aromatic nitrogens is 1. The maximum absolute atomic E-state index is 12.9. The Bertz CT molecular complexity index is 872. The van der Waals surface area contributed by atoms with Crippen LogP contribution in [0.1, 0.15) is 16.5 Å². The molecule has 4 rings (SSSR count). The zero-order valence-electron chi connectivity index (χ0n) is 13.3. The minimum absolute atomic E-state index is 0.0786. The highest BCUT2D eigenvalue weighted by molar-refractivity contribution is 7.10. The monoisotopic (exact) mass is 341 g/mol. The summed E-state index contributed by atoms with van der Waals surface area (Å²) in [6.07, 6.45) is 2.58. The van der Waals surface area contributed by atoms with Gasteiger partial charge in [0.2, 0.25) is 5.91 Å². The minimum Gasteiger partial charge on any atom is -0.394 e. The zero-order chi connectivity index (χ0) is 16.7. The van der Waals surface area contributed by atoms with Gasteiger partial charge in [-0.3, -0.25) is 4.79 Å². The molecule has 0 saturated carbocycles. The van der Waals surface area contributed by atoms with E-state index in [1.54, 1.807) is 11.3 Å². The second-order valence-electron chi connectivity index (χ2n) is 6.13. The number of carbonyl (C=O) groups excluding carboxylic acids is 1. The van der Waals surface area contributed by atoms with Crippen LogP contribution in [-0.2, 0) is 11.2 Å². The van der Waals surface area contributed by atoms with Crippen LogP contribution in [-0.4, -0.2) is 35.7 Å². The molecular weight excluding hydrogens is 322 g/mol. The van der Waals surface area contributed by atoms with Crippen LogP contribution in [0.25, 0.3) is 10.9 Å². The lowest BCUT2D eigenvalue weighted by Crippen LogP contribution is -2.45. The van der Waals surface area contributed by atoms with Gasteiger partial charge in [-0.05, 0) is 35.6 Å². The number of hydrogen-bond donors (Lipinski definition) is 3. The van der Waals surface area contributed by atoms with Crippen molar-refractivity contribution < 1.29 is 9.90 Å². The lowest BCUT2D eigenvalue weighted by Gasteiger charge is -2.29.